The van der Waals surface area contributed by atoms with Crippen LogP contribution in [0, 0.1) is 5.82 Å². The van der Waals surface area contributed by atoms with Gasteiger partial charge in [0.1, 0.15) is 5.82 Å². The first-order chi connectivity index (χ1) is 14.0. The van der Waals surface area contributed by atoms with E-state index in [1.807, 2.05) is 24.3 Å². The highest BCUT2D eigenvalue weighted by Gasteiger charge is 2.27. The predicted octanol–water partition coefficient (Wildman–Crippen LogP) is 3.72. The topological polar surface area (TPSA) is 68.3 Å². The van der Waals surface area contributed by atoms with E-state index in [0.717, 1.165) is 47.0 Å². The van der Waals surface area contributed by atoms with E-state index in [2.05, 4.69) is 10.3 Å². The van der Waals surface area contributed by atoms with Gasteiger partial charge in [-0.2, -0.15) is 0 Å². The number of benzene rings is 2. The molecule has 0 bridgehead atoms. The van der Waals surface area contributed by atoms with E-state index in [4.69, 9.17) is 4.74 Å². The zero-order valence-electron chi connectivity index (χ0n) is 16.1. The van der Waals surface area contributed by atoms with Crippen LogP contribution in [-0.2, 0) is 28.9 Å². The van der Waals surface area contributed by atoms with Crippen molar-refractivity contribution in [2.75, 3.05) is 0 Å². The number of carbonyl (C=O) groups is 2. The summed E-state index contributed by atoms with van der Waals surface area (Å²) in [5.41, 5.74) is 3.89. The van der Waals surface area contributed by atoms with Gasteiger partial charge < -0.3 is 10.1 Å². The van der Waals surface area contributed by atoms with E-state index in [-0.39, 0.29) is 12.4 Å². The van der Waals surface area contributed by atoms with Gasteiger partial charge >= 0.3 is 5.97 Å². The number of nitrogens with one attached hydrogen (secondary N) is 1. The molecule has 29 heavy (non-hydrogen) atoms. The molecule has 1 heterocycles. The molecule has 1 aromatic heterocycles. The number of esters is 1. The summed E-state index contributed by atoms with van der Waals surface area (Å²) in [5, 5.41) is 3.46. The van der Waals surface area contributed by atoms with E-state index < -0.39 is 18.0 Å². The molecule has 148 valence electrons. The number of ether oxygens (including phenoxy) is 1. The minimum Gasteiger partial charge on any atom is -0.449 e. The lowest BCUT2D eigenvalue weighted by Crippen LogP contribution is -2.35. The van der Waals surface area contributed by atoms with Crippen molar-refractivity contribution in [2.45, 2.75) is 38.8 Å². The van der Waals surface area contributed by atoms with Crippen molar-refractivity contribution in [1.82, 2.24) is 10.3 Å². The summed E-state index contributed by atoms with van der Waals surface area (Å²) in [6.45, 7) is 1.77. The molecule has 1 aliphatic rings. The second-order valence-electron chi connectivity index (χ2n) is 7.17. The van der Waals surface area contributed by atoms with Crippen LogP contribution >= 0.6 is 0 Å². The molecule has 1 aliphatic carbocycles. The molecule has 0 spiro atoms. The van der Waals surface area contributed by atoms with Crippen LogP contribution in [-0.4, -0.2) is 23.0 Å². The zero-order chi connectivity index (χ0) is 20.4. The highest BCUT2D eigenvalue weighted by molar-refractivity contribution is 6.05. The highest BCUT2D eigenvalue weighted by Crippen LogP contribution is 2.30. The van der Waals surface area contributed by atoms with Crippen LogP contribution < -0.4 is 5.32 Å². The number of carbonyl (C=O) groups excluding carboxylic acids is 2. The fourth-order valence-corrected chi connectivity index (χ4v) is 3.65. The Bertz CT molecular complexity index is 1080. The van der Waals surface area contributed by atoms with Crippen LogP contribution in [0.1, 0.15) is 40.5 Å². The van der Waals surface area contributed by atoms with E-state index in [1.165, 1.54) is 12.1 Å². The average molecular weight is 392 g/mol. The number of nitrogens with zero attached hydrogens (tertiary/aromatic N) is 1. The van der Waals surface area contributed by atoms with Crippen LogP contribution in [0.15, 0.2) is 48.5 Å². The molecule has 6 heteroatoms. The minimum absolute atomic E-state index is 0.231. The Labute approximate surface area is 167 Å². The van der Waals surface area contributed by atoms with Crippen LogP contribution in [0.5, 0.6) is 0 Å². The summed E-state index contributed by atoms with van der Waals surface area (Å²) in [4.78, 5) is 30.0. The molecule has 2 aromatic carbocycles. The lowest BCUT2D eigenvalue weighted by Gasteiger charge is -2.16. The lowest BCUT2D eigenvalue weighted by atomic mass is 10.0. The normalized spacial score (nSPS) is 13.7. The number of amides is 1. The fraction of sp³-hybridized carbons (Fsp3) is 0.261. The first kappa shape index (κ1) is 19.1. The Morgan fingerprint density at radius 1 is 1.14 bits per heavy atom. The largest absolute Gasteiger partial charge is 0.449 e. The van der Waals surface area contributed by atoms with Gasteiger partial charge in [0.15, 0.2) is 6.10 Å². The highest BCUT2D eigenvalue weighted by atomic mass is 19.1. The minimum atomic E-state index is -0.952. The number of aromatic nitrogens is 1. The first-order valence-electron chi connectivity index (χ1n) is 9.66. The van der Waals surface area contributed by atoms with Crippen molar-refractivity contribution in [3.63, 3.8) is 0 Å². The van der Waals surface area contributed by atoms with Crippen LogP contribution in [0.3, 0.4) is 0 Å². The van der Waals surface area contributed by atoms with Gasteiger partial charge in [-0.3, -0.25) is 9.78 Å². The number of hydrogen-bond acceptors (Lipinski definition) is 4. The van der Waals surface area contributed by atoms with E-state index in [0.29, 0.717) is 5.56 Å². The molecule has 0 unspecified atom stereocenters. The van der Waals surface area contributed by atoms with Gasteiger partial charge in [0, 0.05) is 17.6 Å². The predicted molar refractivity (Wildman–Crippen MR) is 107 cm³/mol. The van der Waals surface area contributed by atoms with Gasteiger partial charge in [0.2, 0.25) is 0 Å². The van der Waals surface area contributed by atoms with E-state index in [9.17, 15) is 14.0 Å². The summed E-state index contributed by atoms with van der Waals surface area (Å²) in [6.07, 6.45) is 1.62. The third kappa shape index (κ3) is 3.97. The summed E-state index contributed by atoms with van der Waals surface area (Å²) >= 11 is 0. The Kier molecular flexibility index (Phi) is 5.25. The molecule has 1 atom stereocenters. The van der Waals surface area contributed by atoms with Crippen LogP contribution in [0.4, 0.5) is 4.39 Å². The third-order valence-electron chi connectivity index (χ3n) is 5.16. The molecule has 3 aromatic rings. The smallest absolute Gasteiger partial charge is 0.339 e. The van der Waals surface area contributed by atoms with Gasteiger partial charge in [0.25, 0.3) is 5.91 Å². The number of hydrogen-bond donors (Lipinski definition) is 1. The maximum absolute atomic E-state index is 13.0. The summed E-state index contributed by atoms with van der Waals surface area (Å²) < 4.78 is 18.5. The molecule has 4 rings (SSSR count). The molecule has 5 nitrogen and oxygen atoms in total. The fourth-order valence-electron chi connectivity index (χ4n) is 3.65. The van der Waals surface area contributed by atoms with Crippen molar-refractivity contribution < 1.29 is 18.7 Å². The Morgan fingerprint density at radius 3 is 2.69 bits per heavy atom. The van der Waals surface area contributed by atoms with Crippen molar-refractivity contribution in [2.24, 2.45) is 0 Å². The first-order valence-corrected chi connectivity index (χ1v) is 9.66. The maximum atomic E-state index is 13.0. The van der Waals surface area contributed by atoms with Crippen molar-refractivity contribution in [1.29, 1.82) is 0 Å². The molecule has 0 aliphatic heterocycles. The second-order valence-corrected chi connectivity index (χ2v) is 7.17. The van der Waals surface area contributed by atoms with Crippen LogP contribution in [0.25, 0.3) is 10.9 Å². The van der Waals surface area contributed by atoms with Gasteiger partial charge in [-0.05, 0) is 55.5 Å². The number of rotatable bonds is 5. The molecule has 0 saturated heterocycles. The lowest BCUT2D eigenvalue weighted by molar-refractivity contribution is -0.129. The number of fused-ring (bicyclic) bond motifs is 2. The molecule has 0 saturated carbocycles. The van der Waals surface area contributed by atoms with Crippen molar-refractivity contribution >= 4 is 22.8 Å². The summed E-state index contributed by atoms with van der Waals surface area (Å²) in [7, 11) is 0. The third-order valence-corrected chi connectivity index (χ3v) is 5.16. The van der Waals surface area contributed by atoms with E-state index >= 15 is 0 Å². The quantitative estimate of drug-likeness (QED) is 0.672. The van der Waals surface area contributed by atoms with Crippen molar-refractivity contribution in [3.05, 3.63) is 76.7 Å². The maximum Gasteiger partial charge on any atom is 0.339 e. The van der Waals surface area contributed by atoms with Crippen molar-refractivity contribution in [3.8, 4) is 0 Å². The Balaban J connectivity index is 1.49. The zero-order valence-corrected chi connectivity index (χ0v) is 16.1. The molecule has 0 fully saturated rings. The summed E-state index contributed by atoms with van der Waals surface area (Å²) in [6, 6.07) is 13.3. The van der Waals surface area contributed by atoms with Gasteiger partial charge in [-0.1, -0.05) is 30.3 Å². The van der Waals surface area contributed by atoms with Crippen LogP contribution in [0.2, 0.25) is 0 Å². The second kappa shape index (κ2) is 7.99. The number of pyridine rings is 1. The molecular formula is C23H21FN2O3. The number of halogens is 1. The molecule has 1 amide bonds. The van der Waals surface area contributed by atoms with E-state index in [1.54, 1.807) is 19.1 Å². The average Bonchev–Trinajstić information content (AvgIpc) is 3.19. The monoisotopic (exact) mass is 392 g/mol. The molecular weight excluding hydrogens is 371 g/mol. The summed E-state index contributed by atoms with van der Waals surface area (Å²) in [5.74, 6) is -1.25. The number of aryl methyl sites for hydroxylation is 1. The van der Waals surface area contributed by atoms with Gasteiger partial charge in [-0.25, -0.2) is 9.18 Å². The van der Waals surface area contributed by atoms with Gasteiger partial charge in [0.05, 0.1) is 11.1 Å². The number of para-hydroxylation sites is 1. The Hall–Kier alpha value is -3.28. The molecule has 1 N–H and O–H groups in total. The van der Waals surface area contributed by atoms with Gasteiger partial charge in [-0.15, -0.1) is 0 Å². The Morgan fingerprint density at radius 2 is 1.90 bits per heavy atom. The SMILES string of the molecule is C[C@@H](OC(=O)c1c2c(nc3ccccc13)CCC2)C(=O)NCc1ccc(F)cc1. The standard InChI is InChI=1S/C23H21FN2O3/c1-14(22(27)25-13-15-9-11-16(24)12-10-15)29-23(28)21-17-5-2-3-7-19(17)26-20-8-4-6-18(20)21/h2-3,5,7,9-12,14H,4,6,8,13H2,1H3,(H,25,27)/t14-/m1/s1. The molecule has 0 radical (unpaired) electrons.